The summed E-state index contributed by atoms with van der Waals surface area (Å²) in [6.45, 7) is 3.52. The minimum Gasteiger partial charge on any atom is -0.250 e. The fourth-order valence-electron chi connectivity index (χ4n) is 0.0945. The van der Waals surface area contributed by atoms with Crippen molar-refractivity contribution in [2.24, 2.45) is 0 Å². The largest absolute Gasteiger partial charge is 0.250 e. The topological polar surface area (TPSA) is 0 Å². The van der Waals surface area contributed by atoms with Gasteiger partial charge >= 0.3 is 0 Å². The maximum Gasteiger partial charge on any atom is 0.0954 e. The summed E-state index contributed by atoms with van der Waals surface area (Å²) in [5, 5.41) is 0. The van der Waals surface area contributed by atoms with Gasteiger partial charge in [0.25, 0.3) is 0 Å². The molecule has 0 aromatic heterocycles. The van der Waals surface area contributed by atoms with Gasteiger partial charge in [-0.05, 0) is 6.42 Å². The van der Waals surface area contributed by atoms with E-state index in [2.05, 4.69) is 0 Å². The highest BCUT2D eigenvalue weighted by Crippen LogP contribution is 2.01. The molecule has 0 fully saturated rings. The molecule has 0 spiro atoms. The van der Waals surface area contributed by atoms with Gasteiger partial charge in [-0.15, -0.1) is 0 Å². The zero-order chi connectivity index (χ0) is 4.99. The van der Waals surface area contributed by atoms with E-state index >= 15 is 0 Å². The summed E-state index contributed by atoms with van der Waals surface area (Å²) in [4.78, 5) is 0. The average Bonchev–Trinajstić information content (AvgIpc) is 1.65. The Morgan fingerprint density at radius 3 is 2.17 bits per heavy atom. The molecule has 37 valence electrons. The third kappa shape index (κ3) is 2.18. The van der Waals surface area contributed by atoms with Crippen molar-refractivity contribution < 1.29 is 4.39 Å². The molecule has 0 atom stereocenters. The molecule has 0 rings (SSSR count). The molecule has 0 bridgehead atoms. The molecule has 0 saturated heterocycles. The molecular weight excluding hydrogens is 79.1 g/mol. The first-order valence-corrected chi connectivity index (χ1v) is 2.18. The van der Waals surface area contributed by atoms with Crippen LogP contribution in [0.3, 0.4) is 0 Å². The van der Waals surface area contributed by atoms with Gasteiger partial charge in [0.05, 0.1) is 6.67 Å². The maximum atomic E-state index is 11.3. The second kappa shape index (κ2) is 3.13. The zero-order valence-corrected chi connectivity index (χ0v) is 4.29. The molecule has 0 aliphatic heterocycles. The lowest BCUT2D eigenvalue weighted by Crippen LogP contribution is -1.88. The molecule has 6 heavy (non-hydrogen) atoms. The van der Waals surface area contributed by atoms with Gasteiger partial charge in [-0.1, -0.05) is 13.8 Å². The van der Waals surface area contributed by atoms with E-state index in [1.165, 1.54) is 0 Å². The van der Waals surface area contributed by atoms with Crippen LogP contribution in [0.4, 0.5) is 4.39 Å². The molecule has 0 unspecified atom stereocenters. The normalized spacial score (nSPS) is 10.0. The van der Waals surface area contributed by atoms with Gasteiger partial charge in [-0.2, -0.15) is 0 Å². The second-order valence-electron chi connectivity index (χ2n) is 1.44. The lowest BCUT2D eigenvalue weighted by Gasteiger charge is -1.95. The van der Waals surface area contributed by atoms with Crippen LogP contribution in [0.1, 0.15) is 20.3 Å². The summed E-state index contributed by atoms with van der Waals surface area (Å²) < 4.78 is 11.3. The minimum atomic E-state index is -0.253. The van der Waals surface area contributed by atoms with Gasteiger partial charge in [0.15, 0.2) is 0 Å². The molecule has 0 aliphatic carbocycles. The minimum absolute atomic E-state index is 0.253. The van der Waals surface area contributed by atoms with Crippen LogP contribution in [-0.4, -0.2) is 6.67 Å². The van der Waals surface area contributed by atoms with Crippen LogP contribution in [0.25, 0.3) is 0 Å². The summed E-state index contributed by atoms with van der Waals surface area (Å²) in [5.41, 5.74) is 0. The van der Waals surface area contributed by atoms with Crippen molar-refractivity contribution in [3.63, 3.8) is 0 Å². The molecular formula is C5H10F. The molecule has 0 amide bonds. The SMILES string of the molecule is CC[C](C)CF. The zero-order valence-electron chi connectivity index (χ0n) is 4.29. The number of halogens is 1. The van der Waals surface area contributed by atoms with Crippen LogP contribution in [-0.2, 0) is 0 Å². The van der Waals surface area contributed by atoms with Crippen LogP contribution >= 0.6 is 0 Å². The summed E-state index contributed by atoms with van der Waals surface area (Å²) >= 11 is 0. The third-order valence-electron chi connectivity index (χ3n) is 0.832. The smallest absolute Gasteiger partial charge is 0.0954 e. The first-order valence-electron chi connectivity index (χ1n) is 2.18. The molecule has 0 saturated carbocycles. The van der Waals surface area contributed by atoms with Crippen molar-refractivity contribution in [2.45, 2.75) is 20.3 Å². The van der Waals surface area contributed by atoms with Gasteiger partial charge in [0, 0.05) is 5.92 Å². The molecule has 0 aliphatic rings. The van der Waals surface area contributed by atoms with Crippen LogP contribution in [0.15, 0.2) is 0 Å². The van der Waals surface area contributed by atoms with E-state index in [0.717, 1.165) is 12.3 Å². The lowest BCUT2D eigenvalue weighted by atomic mass is 10.1. The first-order chi connectivity index (χ1) is 2.81. The maximum absolute atomic E-state index is 11.3. The fourth-order valence-corrected chi connectivity index (χ4v) is 0.0945. The number of hydrogen-bond acceptors (Lipinski definition) is 0. The van der Waals surface area contributed by atoms with Crippen molar-refractivity contribution in [2.75, 3.05) is 6.67 Å². The van der Waals surface area contributed by atoms with Crippen molar-refractivity contribution >= 4 is 0 Å². The van der Waals surface area contributed by atoms with Crippen molar-refractivity contribution in [3.8, 4) is 0 Å². The molecule has 0 aromatic rings. The van der Waals surface area contributed by atoms with Crippen molar-refractivity contribution in [1.29, 1.82) is 0 Å². The van der Waals surface area contributed by atoms with E-state index in [9.17, 15) is 4.39 Å². The van der Waals surface area contributed by atoms with Gasteiger partial charge < -0.3 is 0 Å². The predicted octanol–water partition coefficient (Wildman–Crippen LogP) is 1.96. The Hall–Kier alpha value is -0.0700. The molecule has 1 radical (unpaired) electrons. The summed E-state index contributed by atoms with van der Waals surface area (Å²) in [7, 11) is 0. The highest BCUT2D eigenvalue weighted by molar-refractivity contribution is 4.79. The van der Waals surface area contributed by atoms with Crippen molar-refractivity contribution in [3.05, 3.63) is 5.92 Å². The molecule has 0 heterocycles. The van der Waals surface area contributed by atoms with Crippen molar-refractivity contribution in [1.82, 2.24) is 0 Å². The molecule has 1 heteroatoms. The number of hydrogen-bond donors (Lipinski definition) is 0. The van der Waals surface area contributed by atoms with E-state index in [0.29, 0.717) is 0 Å². The highest BCUT2D eigenvalue weighted by atomic mass is 19.1. The Labute approximate surface area is 38.4 Å². The first kappa shape index (κ1) is 5.93. The van der Waals surface area contributed by atoms with Crippen LogP contribution in [0, 0.1) is 5.92 Å². The fraction of sp³-hybridized carbons (Fsp3) is 0.800. The standard InChI is InChI=1S/C5H10F/c1-3-5(2)4-6/h3-4H2,1-2H3. The predicted molar refractivity (Wildman–Crippen MR) is 25.2 cm³/mol. The quantitative estimate of drug-likeness (QED) is 0.485. The Morgan fingerprint density at radius 1 is 1.67 bits per heavy atom. The Kier molecular flexibility index (Phi) is 3.10. The Bertz CT molecular complexity index is 23.1. The van der Waals surface area contributed by atoms with E-state index in [-0.39, 0.29) is 6.67 Å². The van der Waals surface area contributed by atoms with Crippen LogP contribution in [0.5, 0.6) is 0 Å². The Balaban J connectivity index is 2.75. The second-order valence-corrected chi connectivity index (χ2v) is 1.44. The van der Waals surface area contributed by atoms with E-state index in [1.54, 1.807) is 0 Å². The summed E-state index contributed by atoms with van der Waals surface area (Å²) in [5.74, 6) is 0.926. The van der Waals surface area contributed by atoms with Gasteiger partial charge in [-0.3, -0.25) is 4.39 Å². The van der Waals surface area contributed by atoms with Gasteiger partial charge in [0.1, 0.15) is 0 Å². The number of rotatable bonds is 2. The molecule has 0 nitrogen and oxygen atoms in total. The molecule has 0 aromatic carbocycles. The molecule has 0 N–H and O–H groups in total. The Morgan fingerprint density at radius 2 is 2.17 bits per heavy atom. The van der Waals surface area contributed by atoms with Crippen LogP contribution < -0.4 is 0 Å². The lowest BCUT2D eigenvalue weighted by molar-refractivity contribution is 0.495. The highest BCUT2D eigenvalue weighted by Gasteiger charge is 1.92. The van der Waals surface area contributed by atoms with Gasteiger partial charge in [-0.25, -0.2) is 0 Å². The summed E-state index contributed by atoms with van der Waals surface area (Å²) in [6.07, 6.45) is 0.872. The van der Waals surface area contributed by atoms with Crippen LogP contribution in [0.2, 0.25) is 0 Å². The monoisotopic (exact) mass is 89.1 g/mol. The number of alkyl halides is 1. The average molecular weight is 89.1 g/mol. The van der Waals surface area contributed by atoms with E-state index in [1.807, 2.05) is 13.8 Å². The van der Waals surface area contributed by atoms with E-state index in [4.69, 9.17) is 0 Å². The summed E-state index contributed by atoms with van der Waals surface area (Å²) in [6, 6.07) is 0. The van der Waals surface area contributed by atoms with Gasteiger partial charge in [0.2, 0.25) is 0 Å². The third-order valence-corrected chi connectivity index (χ3v) is 0.832. The van der Waals surface area contributed by atoms with E-state index < -0.39 is 0 Å².